The molecule has 6 heteroatoms. The van der Waals surface area contributed by atoms with Gasteiger partial charge in [-0.2, -0.15) is 0 Å². The number of benzene rings is 1. The summed E-state index contributed by atoms with van der Waals surface area (Å²) in [4.78, 5) is 29.4. The van der Waals surface area contributed by atoms with Crippen LogP contribution >= 0.6 is 0 Å². The first-order valence-electron chi connectivity index (χ1n) is 7.12. The van der Waals surface area contributed by atoms with Crippen LogP contribution in [0.5, 0.6) is 0 Å². The molecule has 1 amide bonds. The fraction of sp³-hybridized carbons (Fsp3) is 0.312. The lowest BCUT2D eigenvalue weighted by atomic mass is 9.97. The SMILES string of the molecule is O=C(O)C1CCCN(C(=O)c2cc(F)cc3cccnc23)C1. The third kappa shape index (κ3) is 2.64. The van der Waals surface area contributed by atoms with Crippen LogP contribution in [0.1, 0.15) is 23.2 Å². The van der Waals surface area contributed by atoms with Gasteiger partial charge in [-0.1, -0.05) is 6.07 Å². The molecule has 1 saturated heterocycles. The highest BCUT2D eigenvalue weighted by molar-refractivity contribution is 6.05. The largest absolute Gasteiger partial charge is 0.481 e. The zero-order chi connectivity index (χ0) is 15.7. The summed E-state index contributed by atoms with van der Waals surface area (Å²) in [5, 5.41) is 9.67. The predicted molar refractivity (Wildman–Crippen MR) is 78.0 cm³/mol. The van der Waals surface area contributed by atoms with E-state index in [1.165, 1.54) is 17.0 Å². The number of rotatable bonds is 2. The van der Waals surface area contributed by atoms with Crippen LogP contribution in [0.2, 0.25) is 0 Å². The third-order valence-corrected chi connectivity index (χ3v) is 3.96. The van der Waals surface area contributed by atoms with Crippen molar-refractivity contribution in [2.45, 2.75) is 12.8 Å². The molecule has 0 radical (unpaired) electrons. The number of aliphatic carboxylic acids is 1. The molecule has 1 aromatic heterocycles. The highest BCUT2D eigenvalue weighted by atomic mass is 19.1. The summed E-state index contributed by atoms with van der Waals surface area (Å²) >= 11 is 0. The van der Waals surface area contributed by atoms with Crippen molar-refractivity contribution < 1.29 is 19.1 Å². The Hall–Kier alpha value is -2.50. The summed E-state index contributed by atoms with van der Waals surface area (Å²) in [7, 11) is 0. The molecule has 1 aromatic carbocycles. The number of aromatic nitrogens is 1. The van der Waals surface area contributed by atoms with Gasteiger partial charge in [0.1, 0.15) is 5.82 Å². The van der Waals surface area contributed by atoms with Crippen LogP contribution in [-0.4, -0.2) is 40.0 Å². The van der Waals surface area contributed by atoms with Gasteiger partial charge in [-0.05, 0) is 31.0 Å². The van der Waals surface area contributed by atoms with Crippen LogP contribution < -0.4 is 0 Å². The molecule has 1 fully saturated rings. The molecule has 5 nitrogen and oxygen atoms in total. The van der Waals surface area contributed by atoms with Crippen molar-refractivity contribution in [2.75, 3.05) is 13.1 Å². The van der Waals surface area contributed by atoms with E-state index in [-0.39, 0.29) is 18.0 Å². The lowest BCUT2D eigenvalue weighted by molar-refractivity contribution is -0.143. The van der Waals surface area contributed by atoms with Gasteiger partial charge < -0.3 is 10.0 Å². The average Bonchev–Trinajstić information content (AvgIpc) is 2.53. The number of nitrogens with zero attached hydrogens (tertiary/aromatic N) is 2. The highest BCUT2D eigenvalue weighted by Crippen LogP contribution is 2.23. The minimum Gasteiger partial charge on any atom is -0.481 e. The Bertz CT molecular complexity index is 747. The highest BCUT2D eigenvalue weighted by Gasteiger charge is 2.29. The quantitative estimate of drug-likeness (QED) is 0.924. The molecule has 1 aliphatic heterocycles. The Labute approximate surface area is 126 Å². The molecular formula is C16H15FN2O3. The third-order valence-electron chi connectivity index (χ3n) is 3.96. The van der Waals surface area contributed by atoms with Gasteiger partial charge in [0.2, 0.25) is 0 Å². The number of carboxylic acid groups (broad SMARTS) is 1. The molecule has 2 heterocycles. The maximum atomic E-state index is 13.7. The van der Waals surface area contributed by atoms with E-state index in [2.05, 4.69) is 4.98 Å². The molecule has 0 saturated carbocycles. The molecule has 0 aliphatic carbocycles. The van der Waals surface area contributed by atoms with Crippen molar-refractivity contribution in [3.05, 3.63) is 41.8 Å². The summed E-state index contributed by atoms with van der Waals surface area (Å²) in [6.45, 7) is 0.631. The number of carbonyl (C=O) groups excluding carboxylic acids is 1. The Morgan fingerprint density at radius 3 is 2.95 bits per heavy atom. The summed E-state index contributed by atoms with van der Waals surface area (Å²) in [6.07, 6.45) is 2.73. The molecule has 0 spiro atoms. The van der Waals surface area contributed by atoms with Gasteiger partial charge in [0.05, 0.1) is 17.0 Å². The Balaban J connectivity index is 1.97. The molecular weight excluding hydrogens is 287 g/mol. The summed E-state index contributed by atoms with van der Waals surface area (Å²) in [5.41, 5.74) is 0.619. The molecule has 1 N–H and O–H groups in total. The first-order valence-corrected chi connectivity index (χ1v) is 7.12. The molecule has 1 aliphatic rings. The van der Waals surface area contributed by atoms with E-state index >= 15 is 0 Å². The zero-order valence-electron chi connectivity index (χ0n) is 11.8. The number of halogens is 1. The summed E-state index contributed by atoms with van der Waals surface area (Å²) in [5.74, 6) is -2.34. The van der Waals surface area contributed by atoms with Gasteiger partial charge in [-0.25, -0.2) is 4.39 Å². The summed E-state index contributed by atoms with van der Waals surface area (Å²) < 4.78 is 13.7. The smallest absolute Gasteiger partial charge is 0.308 e. The lowest BCUT2D eigenvalue weighted by Gasteiger charge is -2.30. The van der Waals surface area contributed by atoms with E-state index in [1.807, 2.05) is 0 Å². The maximum Gasteiger partial charge on any atom is 0.308 e. The second-order valence-corrected chi connectivity index (χ2v) is 5.46. The Morgan fingerprint density at radius 2 is 2.18 bits per heavy atom. The van der Waals surface area contributed by atoms with Crippen molar-refractivity contribution in [1.29, 1.82) is 0 Å². The minimum absolute atomic E-state index is 0.152. The summed E-state index contributed by atoms with van der Waals surface area (Å²) in [6, 6.07) is 5.87. The van der Waals surface area contributed by atoms with Crippen LogP contribution in [0, 0.1) is 11.7 Å². The van der Waals surface area contributed by atoms with Crippen molar-refractivity contribution >= 4 is 22.8 Å². The van der Waals surface area contributed by atoms with Crippen LogP contribution in [0.4, 0.5) is 4.39 Å². The van der Waals surface area contributed by atoms with Crippen LogP contribution in [0.3, 0.4) is 0 Å². The first kappa shape index (κ1) is 14.4. The van der Waals surface area contributed by atoms with Gasteiger partial charge in [0, 0.05) is 24.7 Å². The second kappa shape index (κ2) is 5.71. The van der Waals surface area contributed by atoms with Gasteiger partial charge >= 0.3 is 5.97 Å². The van der Waals surface area contributed by atoms with Crippen molar-refractivity contribution in [3.63, 3.8) is 0 Å². The molecule has 3 rings (SSSR count). The molecule has 2 aromatic rings. The first-order chi connectivity index (χ1) is 10.6. The fourth-order valence-electron chi connectivity index (χ4n) is 2.85. The van der Waals surface area contributed by atoms with Crippen molar-refractivity contribution in [1.82, 2.24) is 9.88 Å². The van der Waals surface area contributed by atoms with Gasteiger partial charge in [0.15, 0.2) is 0 Å². The van der Waals surface area contributed by atoms with E-state index in [1.54, 1.807) is 18.3 Å². The molecule has 1 unspecified atom stereocenters. The van der Waals surface area contributed by atoms with E-state index < -0.39 is 17.7 Å². The average molecular weight is 302 g/mol. The second-order valence-electron chi connectivity index (χ2n) is 5.46. The Kier molecular flexibility index (Phi) is 3.75. The van der Waals surface area contributed by atoms with Crippen molar-refractivity contribution in [2.24, 2.45) is 5.92 Å². The van der Waals surface area contributed by atoms with Crippen LogP contribution in [0.15, 0.2) is 30.5 Å². The zero-order valence-corrected chi connectivity index (χ0v) is 11.8. The topological polar surface area (TPSA) is 70.5 Å². The number of likely N-dealkylation sites (tertiary alicyclic amines) is 1. The normalized spacial score (nSPS) is 18.4. The van der Waals surface area contributed by atoms with Gasteiger partial charge in [-0.15, -0.1) is 0 Å². The standard InChI is InChI=1S/C16H15FN2O3/c17-12-7-10-3-1-5-18-14(10)13(8-12)15(20)19-6-2-4-11(9-19)16(21)22/h1,3,5,7-8,11H,2,4,6,9H2,(H,21,22). The number of piperidine rings is 1. The van der Waals surface area contributed by atoms with Gasteiger partial charge in [0.25, 0.3) is 5.91 Å². The number of pyridine rings is 1. The van der Waals surface area contributed by atoms with E-state index in [9.17, 15) is 14.0 Å². The van der Waals surface area contributed by atoms with Gasteiger partial charge in [-0.3, -0.25) is 14.6 Å². The minimum atomic E-state index is -0.903. The van der Waals surface area contributed by atoms with E-state index in [0.717, 1.165) is 0 Å². The van der Waals surface area contributed by atoms with E-state index in [4.69, 9.17) is 5.11 Å². The number of carboxylic acids is 1. The van der Waals surface area contributed by atoms with Crippen molar-refractivity contribution in [3.8, 4) is 0 Å². The molecule has 1 atom stereocenters. The maximum absolute atomic E-state index is 13.7. The van der Waals surface area contributed by atoms with Crippen LogP contribution in [0.25, 0.3) is 10.9 Å². The number of carbonyl (C=O) groups is 2. The number of amides is 1. The fourth-order valence-corrected chi connectivity index (χ4v) is 2.85. The lowest BCUT2D eigenvalue weighted by Crippen LogP contribution is -2.42. The Morgan fingerprint density at radius 1 is 1.36 bits per heavy atom. The van der Waals surface area contributed by atoms with E-state index in [0.29, 0.717) is 30.3 Å². The number of hydrogen-bond acceptors (Lipinski definition) is 3. The number of fused-ring (bicyclic) bond motifs is 1. The monoisotopic (exact) mass is 302 g/mol. The molecule has 0 bridgehead atoms. The van der Waals surface area contributed by atoms with Crippen LogP contribution in [-0.2, 0) is 4.79 Å². The molecule has 114 valence electrons. The predicted octanol–water partition coefficient (Wildman–Crippen LogP) is 2.31. The number of hydrogen-bond donors (Lipinski definition) is 1. The molecule has 22 heavy (non-hydrogen) atoms.